The summed E-state index contributed by atoms with van der Waals surface area (Å²) in [5.74, 6) is 0.607. The highest BCUT2D eigenvalue weighted by atomic mass is 35.6. The molecule has 0 heterocycles. The number of carbonyl (C=O) groups excluding carboxylic acids is 1. The van der Waals surface area contributed by atoms with Crippen LogP contribution < -0.4 is 5.32 Å². The molecule has 1 aliphatic rings. The molecular weight excluding hydrogens is 280 g/mol. The van der Waals surface area contributed by atoms with Crippen LogP contribution in [0.1, 0.15) is 33.6 Å². The van der Waals surface area contributed by atoms with Crippen molar-refractivity contribution < 1.29 is 4.79 Å². The van der Waals surface area contributed by atoms with E-state index in [1.54, 1.807) is 0 Å². The first-order valence-corrected chi connectivity index (χ1v) is 6.89. The van der Waals surface area contributed by atoms with E-state index in [0.29, 0.717) is 11.8 Å². The highest BCUT2D eigenvalue weighted by Crippen LogP contribution is 2.31. The van der Waals surface area contributed by atoms with Crippen LogP contribution in [0.3, 0.4) is 0 Å². The molecule has 0 saturated carbocycles. The standard InChI is InChI=1S/C12H18Cl3NO/c1-7(2)9-5-4-8(3)10(6-9)16-11(17)12(13,14)15/h4,7,9-10H,5-6H2,1-3H3,(H,16,17)/t9-,10-/m1/s1. The third-order valence-electron chi connectivity index (χ3n) is 3.34. The zero-order valence-corrected chi connectivity index (χ0v) is 12.5. The molecule has 2 atom stereocenters. The fourth-order valence-corrected chi connectivity index (χ4v) is 2.19. The number of amides is 1. The molecule has 1 N–H and O–H groups in total. The summed E-state index contributed by atoms with van der Waals surface area (Å²) in [6.45, 7) is 6.37. The van der Waals surface area contributed by atoms with Crippen molar-refractivity contribution in [2.75, 3.05) is 0 Å². The molecule has 0 aromatic heterocycles. The van der Waals surface area contributed by atoms with Crippen molar-refractivity contribution in [1.29, 1.82) is 0 Å². The first kappa shape index (κ1) is 15.1. The summed E-state index contributed by atoms with van der Waals surface area (Å²) in [4.78, 5) is 11.6. The van der Waals surface area contributed by atoms with Crippen molar-refractivity contribution in [3.8, 4) is 0 Å². The molecule has 0 aromatic carbocycles. The largest absolute Gasteiger partial charge is 0.346 e. The van der Waals surface area contributed by atoms with Gasteiger partial charge in [-0.2, -0.15) is 0 Å². The fourth-order valence-electron chi connectivity index (χ4n) is 2.02. The van der Waals surface area contributed by atoms with Crippen molar-refractivity contribution >= 4 is 40.7 Å². The predicted octanol–water partition coefficient (Wildman–Crippen LogP) is 3.85. The Hall–Kier alpha value is 0.0800. The number of hydrogen-bond donors (Lipinski definition) is 1. The number of hydrogen-bond acceptors (Lipinski definition) is 1. The van der Waals surface area contributed by atoms with Crippen LogP contribution in [0.25, 0.3) is 0 Å². The van der Waals surface area contributed by atoms with Crippen molar-refractivity contribution in [2.45, 2.75) is 43.4 Å². The van der Waals surface area contributed by atoms with E-state index in [-0.39, 0.29) is 6.04 Å². The lowest BCUT2D eigenvalue weighted by Gasteiger charge is -2.32. The van der Waals surface area contributed by atoms with Gasteiger partial charge in [0.2, 0.25) is 0 Å². The summed E-state index contributed by atoms with van der Waals surface area (Å²) >= 11 is 16.6. The lowest BCUT2D eigenvalue weighted by atomic mass is 9.80. The third-order valence-corrected chi connectivity index (χ3v) is 3.85. The highest BCUT2D eigenvalue weighted by Gasteiger charge is 2.34. The topological polar surface area (TPSA) is 29.1 Å². The predicted molar refractivity (Wildman–Crippen MR) is 73.5 cm³/mol. The number of rotatable bonds is 2. The van der Waals surface area contributed by atoms with Crippen molar-refractivity contribution in [2.24, 2.45) is 11.8 Å². The van der Waals surface area contributed by atoms with Gasteiger partial charge in [0.05, 0.1) is 6.04 Å². The van der Waals surface area contributed by atoms with Crippen LogP contribution in [0.5, 0.6) is 0 Å². The van der Waals surface area contributed by atoms with E-state index in [1.165, 1.54) is 0 Å². The Balaban J connectivity index is 2.67. The van der Waals surface area contributed by atoms with Gasteiger partial charge in [-0.15, -0.1) is 0 Å². The molecular formula is C12H18Cl3NO. The average molecular weight is 299 g/mol. The van der Waals surface area contributed by atoms with Gasteiger partial charge in [-0.1, -0.05) is 60.3 Å². The molecule has 1 aliphatic carbocycles. The average Bonchev–Trinajstić information content (AvgIpc) is 2.19. The second kappa shape index (κ2) is 5.81. The number of carbonyl (C=O) groups is 1. The molecule has 0 aromatic rings. The minimum absolute atomic E-state index is 0.0146. The number of nitrogens with one attached hydrogen (secondary N) is 1. The Labute approximate surface area is 118 Å². The first-order chi connectivity index (χ1) is 7.71. The molecule has 0 aliphatic heterocycles. The number of halogens is 3. The van der Waals surface area contributed by atoms with E-state index in [0.717, 1.165) is 18.4 Å². The van der Waals surface area contributed by atoms with Crippen LogP contribution in [0.4, 0.5) is 0 Å². The minimum Gasteiger partial charge on any atom is -0.346 e. The monoisotopic (exact) mass is 297 g/mol. The van der Waals surface area contributed by atoms with Gasteiger partial charge in [0.1, 0.15) is 0 Å². The quantitative estimate of drug-likeness (QED) is 0.609. The van der Waals surface area contributed by atoms with Gasteiger partial charge >= 0.3 is 0 Å². The number of allylic oxidation sites excluding steroid dienone is 1. The molecule has 5 heteroatoms. The maximum atomic E-state index is 11.6. The SMILES string of the molecule is CC1=CC[C@@H](C(C)C)C[C@H]1NC(=O)C(Cl)(Cl)Cl. The zero-order valence-electron chi connectivity index (χ0n) is 10.3. The molecule has 98 valence electrons. The smallest absolute Gasteiger partial charge is 0.272 e. The second-order valence-electron chi connectivity index (χ2n) is 4.95. The lowest BCUT2D eigenvalue weighted by Crippen LogP contribution is -2.44. The molecule has 1 amide bonds. The van der Waals surface area contributed by atoms with Crippen LogP contribution in [-0.2, 0) is 4.79 Å². The summed E-state index contributed by atoms with van der Waals surface area (Å²) in [5, 5.41) is 2.79. The van der Waals surface area contributed by atoms with E-state index in [2.05, 4.69) is 25.2 Å². The highest BCUT2D eigenvalue weighted by molar-refractivity contribution is 6.76. The van der Waals surface area contributed by atoms with Crippen LogP contribution in [0.15, 0.2) is 11.6 Å². The first-order valence-electron chi connectivity index (χ1n) is 5.76. The Morgan fingerprint density at radius 3 is 2.53 bits per heavy atom. The van der Waals surface area contributed by atoms with Crippen LogP contribution in [-0.4, -0.2) is 15.7 Å². The minimum atomic E-state index is -1.88. The lowest BCUT2D eigenvalue weighted by molar-refractivity contribution is -0.120. The molecule has 0 spiro atoms. The van der Waals surface area contributed by atoms with E-state index in [9.17, 15) is 4.79 Å². The summed E-state index contributed by atoms with van der Waals surface area (Å²) in [5.41, 5.74) is 1.14. The van der Waals surface area contributed by atoms with E-state index in [4.69, 9.17) is 34.8 Å². The van der Waals surface area contributed by atoms with E-state index >= 15 is 0 Å². The Morgan fingerprint density at radius 1 is 1.47 bits per heavy atom. The van der Waals surface area contributed by atoms with Crippen LogP contribution >= 0.6 is 34.8 Å². The van der Waals surface area contributed by atoms with Crippen molar-refractivity contribution in [3.05, 3.63) is 11.6 Å². The van der Waals surface area contributed by atoms with Crippen molar-refractivity contribution in [1.82, 2.24) is 5.32 Å². The van der Waals surface area contributed by atoms with Gasteiger partial charge in [0, 0.05) is 0 Å². The Morgan fingerprint density at radius 2 is 2.06 bits per heavy atom. The molecule has 1 rings (SSSR count). The maximum Gasteiger partial charge on any atom is 0.272 e. The summed E-state index contributed by atoms with van der Waals surface area (Å²) in [7, 11) is 0. The zero-order chi connectivity index (χ0) is 13.2. The Bertz CT molecular complexity index is 320. The van der Waals surface area contributed by atoms with Crippen LogP contribution in [0, 0.1) is 11.8 Å². The molecule has 2 nitrogen and oxygen atoms in total. The molecule has 0 radical (unpaired) electrons. The second-order valence-corrected chi connectivity index (χ2v) is 7.23. The van der Waals surface area contributed by atoms with Crippen molar-refractivity contribution in [3.63, 3.8) is 0 Å². The molecule has 17 heavy (non-hydrogen) atoms. The fraction of sp³-hybridized carbons (Fsp3) is 0.750. The van der Waals surface area contributed by atoms with E-state index < -0.39 is 9.70 Å². The summed E-state index contributed by atoms with van der Waals surface area (Å²) < 4.78 is -1.88. The van der Waals surface area contributed by atoms with Gasteiger partial charge in [0.15, 0.2) is 0 Å². The molecule has 0 saturated heterocycles. The van der Waals surface area contributed by atoms with Gasteiger partial charge in [-0.05, 0) is 31.6 Å². The van der Waals surface area contributed by atoms with Gasteiger partial charge in [-0.3, -0.25) is 4.79 Å². The molecule has 0 fully saturated rings. The normalized spacial score (nSPS) is 25.7. The number of alkyl halides is 3. The van der Waals surface area contributed by atoms with Gasteiger partial charge < -0.3 is 5.32 Å². The Kier molecular flexibility index (Phi) is 5.18. The van der Waals surface area contributed by atoms with E-state index in [1.807, 2.05) is 6.92 Å². The molecule has 0 bridgehead atoms. The van der Waals surface area contributed by atoms with Gasteiger partial charge in [-0.25, -0.2) is 0 Å². The summed E-state index contributed by atoms with van der Waals surface area (Å²) in [6, 6.07) is -0.0146. The van der Waals surface area contributed by atoms with Crippen LogP contribution in [0.2, 0.25) is 0 Å². The van der Waals surface area contributed by atoms with Gasteiger partial charge in [0.25, 0.3) is 9.70 Å². The maximum absolute atomic E-state index is 11.6. The third kappa shape index (κ3) is 4.35. The summed E-state index contributed by atoms with van der Waals surface area (Å²) in [6.07, 6.45) is 4.13. The molecule has 0 unspecified atom stereocenters.